The maximum absolute atomic E-state index is 11.7. The van der Waals surface area contributed by atoms with Crippen molar-refractivity contribution in [2.24, 2.45) is 5.16 Å². The summed E-state index contributed by atoms with van der Waals surface area (Å²) in [4.78, 5) is 16.5. The molecule has 1 amide bonds. The zero-order valence-corrected chi connectivity index (χ0v) is 13.5. The Kier molecular flexibility index (Phi) is 5.74. The third-order valence-electron chi connectivity index (χ3n) is 3.36. The fourth-order valence-electron chi connectivity index (χ4n) is 2.07. The quantitative estimate of drug-likeness (QED) is 0.521. The van der Waals surface area contributed by atoms with Crippen LogP contribution in [0, 0.1) is 6.92 Å². The van der Waals surface area contributed by atoms with Crippen molar-refractivity contribution in [1.29, 1.82) is 0 Å². The summed E-state index contributed by atoms with van der Waals surface area (Å²) in [7, 11) is 1.63. The summed E-state index contributed by atoms with van der Waals surface area (Å²) in [6.45, 7) is 4.13. The van der Waals surface area contributed by atoms with E-state index in [1.807, 2.05) is 55.5 Å². The normalized spacial score (nSPS) is 11.0. The molecular weight excluding hydrogens is 292 g/mol. The Morgan fingerprint density at radius 3 is 2.57 bits per heavy atom. The van der Waals surface area contributed by atoms with Crippen LogP contribution < -0.4 is 10.1 Å². The Morgan fingerprint density at radius 1 is 1.17 bits per heavy atom. The van der Waals surface area contributed by atoms with Crippen LogP contribution in [0.1, 0.15) is 23.6 Å². The van der Waals surface area contributed by atoms with Crippen molar-refractivity contribution in [2.75, 3.05) is 7.11 Å². The van der Waals surface area contributed by atoms with Crippen molar-refractivity contribution in [2.45, 2.75) is 20.4 Å². The molecular formula is C18H20N2O3. The van der Waals surface area contributed by atoms with Crippen LogP contribution in [0.4, 0.5) is 4.79 Å². The molecule has 23 heavy (non-hydrogen) atoms. The maximum Gasteiger partial charge on any atom is 0.433 e. The Hall–Kier alpha value is -2.82. The van der Waals surface area contributed by atoms with E-state index in [1.54, 1.807) is 14.0 Å². The van der Waals surface area contributed by atoms with E-state index in [1.165, 1.54) is 0 Å². The summed E-state index contributed by atoms with van der Waals surface area (Å²) in [6.07, 6.45) is -0.585. The van der Waals surface area contributed by atoms with Crippen LogP contribution in [0.5, 0.6) is 5.75 Å². The van der Waals surface area contributed by atoms with Crippen LogP contribution in [-0.4, -0.2) is 18.9 Å². The molecule has 0 bridgehead atoms. The highest BCUT2D eigenvalue weighted by atomic mass is 16.7. The van der Waals surface area contributed by atoms with E-state index in [9.17, 15) is 4.79 Å². The number of carbonyl (C=O) groups excluding carboxylic acids is 1. The molecule has 0 saturated carbocycles. The highest BCUT2D eigenvalue weighted by molar-refractivity contribution is 5.98. The van der Waals surface area contributed by atoms with E-state index >= 15 is 0 Å². The minimum atomic E-state index is -0.585. The van der Waals surface area contributed by atoms with Gasteiger partial charge in [-0.2, -0.15) is 0 Å². The van der Waals surface area contributed by atoms with Crippen molar-refractivity contribution in [3.63, 3.8) is 0 Å². The van der Waals surface area contributed by atoms with Gasteiger partial charge in [0.05, 0.1) is 12.8 Å². The SMILES string of the molecule is COc1ccc(/C(C)=N/OC(=O)NCc2ccccc2)cc1C. The van der Waals surface area contributed by atoms with Crippen LogP contribution in [0.2, 0.25) is 0 Å². The van der Waals surface area contributed by atoms with Crippen molar-refractivity contribution in [3.8, 4) is 5.75 Å². The second kappa shape index (κ2) is 7.98. The lowest BCUT2D eigenvalue weighted by molar-refractivity contribution is 0.150. The first-order valence-corrected chi connectivity index (χ1v) is 7.28. The molecule has 1 N–H and O–H groups in total. The molecule has 5 nitrogen and oxygen atoms in total. The number of rotatable bonds is 5. The molecule has 0 aliphatic carbocycles. The zero-order valence-electron chi connectivity index (χ0n) is 13.5. The van der Waals surface area contributed by atoms with E-state index in [0.717, 1.165) is 22.4 Å². The third-order valence-corrected chi connectivity index (χ3v) is 3.36. The average Bonchev–Trinajstić information content (AvgIpc) is 2.58. The number of carbonyl (C=O) groups is 1. The van der Waals surface area contributed by atoms with Gasteiger partial charge in [0.2, 0.25) is 0 Å². The second-order valence-corrected chi connectivity index (χ2v) is 5.08. The van der Waals surface area contributed by atoms with Gasteiger partial charge in [-0.15, -0.1) is 0 Å². The van der Waals surface area contributed by atoms with Gasteiger partial charge in [-0.25, -0.2) is 4.79 Å². The van der Waals surface area contributed by atoms with E-state index in [2.05, 4.69) is 10.5 Å². The topological polar surface area (TPSA) is 59.9 Å². The first-order chi connectivity index (χ1) is 11.1. The minimum absolute atomic E-state index is 0.399. The molecule has 0 radical (unpaired) electrons. The molecule has 2 rings (SSSR count). The number of hydrogen-bond donors (Lipinski definition) is 1. The summed E-state index contributed by atoms with van der Waals surface area (Å²) in [5.74, 6) is 0.808. The van der Waals surface area contributed by atoms with E-state index in [-0.39, 0.29) is 0 Å². The predicted molar refractivity (Wildman–Crippen MR) is 89.7 cm³/mol. The van der Waals surface area contributed by atoms with E-state index in [4.69, 9.17) is 9.57 Å². The Morgan fingerprint density at radius 2 is 1.91 bits per heavy atom. The smallest absolute Gasteiger partial charge is 0.433 e. The molecule has 0 spiro atoms. The number of ether oxygens (including phenoxy) is 1. The molecule has 2 aromatic rings. The highest BCUT2D eigenvalue weighted by Crippen LogP contribution is 2.18. The van der Waals surface area contributed by atoms with Gasteiger partial charge in [-0.05, 0) is 48.7 Å². The van der Waals surface area contributed by atoms with Gasteiger partial charge in [-0.1, -0.05) is 35.5 Å². The van der Waals surface area contributed by atoms with Crippen LogP contribution >= 0.6 is 0 Å². The van der Waals surface area contributed by atoms with Gasteiger partial charge < -0.3 is 10.1 Å². The van der Waals surface area contributed by atoms with Crippen LogP contribution in [0.15, 0.2) is 53.7 Å². The molecule has 0 heterocycles. The third kappa shape index (κ3) is 4.85. The lowest BCUT2D eigenvalue weighted by atomic mass is 10.1. The largest absolute Gasteiger partial charge is 0.496 e. The fourth-order valence-corrected chi connectivity index (χ4v) is 2.07. The van der Waals surface area contributed by atoms with Gasteiger partial charge in [0.15, 0.2) is 0 Å². The maximum atomic E-state index is 11.7. The molecule has 0 aliphatic rings. The van der Waals surface area contributed by atoms with Crippen LogP contribution in [0.25, 0.3) is 0 Å². The number of amides is 1. The van der Waals surface area contributed by atoms with Gasteiger partial charge in [0.25, 0.3) is 0 Å². The summed E-state index contributed by atoms with van der Waals surface area (Å²) >= 11 is 0. The number of methoxy groups -OCH3 is 1. The Bertz CT molecular complexity index is 697. The van der Waals surface area contributed by atoms with E-state index in [0.29, 0.717) is 12.3 Å². The van der Waals surface area contributed by atoms with Crippen LogP contribution in [-0.2, 0) is 11.4 Å². The monoisotopic (exact) mass is 312 g/mol. The first kappa shape index (κ1) is 16.5. The van der Waals surface area contributed by atoms with E-state index < -0.39 is 6.09 Å². The zero-order chi connectivity index (χ0) is 16.7. The number of hydrogen-bond acceptors (Lipinski definition) is 4. The summed E-state index contributed by atoms with van der Waals surface area (Å²) in [6, 6.07) is 15.3. The van der Waals surface area contributed by atoms with Crippen molar-refractivity contribution >= 4 is 11.8 Å². The first-order valence-electron chi connectivity index (χ1n) is 7.28. The lowest BCUT2D eigenvalue weighted by Gasteiger charge is -2.07. The average molecular weight is 312 g/mol. The van der Waals surface area contributed by atoms with Gasteiger partial charge in [-0.3, -0.25) is 4.84 Å². The van der Waals surface area contributed by atoms with Gasteiger partial charge in [0.1, 0.15) is 5.75 Å². The molecule has 0 aromatic heterocycles. The molecule has 2 aromatic carbocycles. The van der Waals surface area contributed by atoms with Crippen molar-refractivity contribution in [3.05, 3.63) is 65.2 Å². The molecule has 120 valence electrons. The lowest BCUT2D eigenvalue weighted by Crippen LogP contribution is -2.22. The number of nitrogens with zero attached hydrogens (tertiary/aromatic N) is 1. The summed E-state index contributed by atoms with van der Waals surface area (Å²) < 4.78 is 5.22. The van der Waals surface area contributed by atoms with Crippen LogP contribution in [0.3, 0.4) is 0 Å². The molecule has 5 heteroatoms. The van der Waals surface area contributed by atoms with Crippen molar-refractivity contribution < 1.29 is 14.4 Å². The summed E-state index contributed by atoms with van der Waals surface area (Å²) in [5.41, 5.74) is 3.48. The number of aryl methyl sites for hydroxylation is 1. The fraction of sp³-hybridized carbons (Fsp3) is 0.222. The molecule has 0 aliphatic heterocycles. The standard InChI is InChI=1S/C18H20N2O3/c1-13-11-16(9-10-17(13)22-3)14(2)20-23-18(21)19-12-15-7-5-4-6-8-15/h4-11H,12H2,1-3H3,(H,19,21)/b20-14+. The summed E-state index contributed by atoms with van der Waals surface area (Å²) in [5, 5.41) is 6.51. The Labute approximate surface area is 135 Å². The molecule has 0 unspecified atom stereocenters. The molecule has 0 saturated heterocycles. The predicted octanol–water partition coefficient (Wildman–Crippen LogP) is 3.65. The van der Waals surface area contributed by atoms with Gasteiger partial charge >= 0.3 is 6.09 Å². The second-order valence-electron chi connectivity index (χ2n) is 5.08. The van der Waals surface area contributed by atoms with Crippen molar-refractivity contribution in [1.82, 2.24) is 5.32 Å². The molecule has 0 atom stereocenters. The number of oxime groups is 1. The van der Waals surface area contributed by atoms with Gasteiger partial charge in [0, 0.05) is 6.54 Å². The number of benzene rings is 2. The molecule has 0 fully saturated rings. The Balaban J connectivity index is 1.91. The minimum Gasteiger partial charge on any atom is -0.496 e. The highest BCUT2D eigenvalue weighted by Gasteiger charge is 2.05. The number of nitrogens with one attached hydrogen (secondary N) is 1.